The minimum atomic E-state index is 0.369. The molecule has 1 aliphatic rings. The summed E-state index contributed by atoms with van der Waals surface area (Å²) in [4.78, 5) is 0. The maximum absolute atomic E-state index is 5.37. The van der Waals surface area contributed by atoms with Gasteiger partial charge in [-0.05, 0) is 24.2 Å². The molecule has 1 saturated heterocycles. The van der Waals surface area contributed by atoms with Crippen molar-refractivity contribution < 1.29 is 4.74 Å². The van der Waals surface area contributed by atoms with E-state index in [0.717, 1.165) is 25.7 Å². The predicted octanol–water partition coefficient (Wildman–Crippen LogP) is 2.44. The number of rotatable bonds is 4. The van der Waals surface area contributed by atoms with Crippen LogP contribution in [0.3, 0.4) is 0 Å². The van der Waals surface area contributed by atoms with Crippen molar-refractivity contribution in [3.05, 3.63) is 0 Å². The molecule has 2 heteroatoms. The van der Waals surface area contributed by atoms with Crippen LogP contribution < -0.4 is 5.32 Å². The minimum Gasteiger partial charge on any atom is -0.381 e. The Morgan fingerprint density at radius 2 is 2.14 bits per heavy atom. The highest BCUT2D eigenvalue weighted by atomic mass is 16.5. The molecule has 2 nitrogen and oxygen atoms in total. The van der Waals surface area contributed by atoms with E-state index < -0.39 is 0 Å². The Hall–Kier alpha value is -0.0800. The van der Waals surface area contributed by atoms with E-state index in [1.165, 1.54) is 12.8 Å². The molecule has 1 rings (SSSR count). The lowest BCUT2D eigenvalue weighted by Gasteiger charge is -2.31. The lowest BCUT2D eigenvalue weighted by atomic mass is 9.85. The van der Waals surface area contributed by atoms with Crippen LogP contribution in [0.2, 0.25) is 0 Å². The van der Waals surface area contributed by atoms with E-state index in [0.29, 0.717) is 11.5 Å². The zero-order valence-corrected chi connectivity index (χ0v) is 10.1. The Labute approximate surface area is 88.4 Å². The predicted molar refractivity (Wildman–Crippen MR) is 60.5 cm³/mol. The van der Waals surface area contributed by atoms with E-state index in [9.17, 15) is 0 Å². The summed E-state index contributed by atoms with van der Waals surface area (Å²) in [6, 6.07) is 0.628. The highest BCUT2D eigenvalue weighted by molar-refractivity contribution is 4.80. The van der Waals surface area contributed by atoms with Crippen LogP contribution in [-0.2, 0) is 4.74 Å². The molecule has 0 radical (unpaired) electrons. The molecule has 84 valence electrons. The van der Waals surface area contributed by atoms with Crippen molar-refractivity contribution >= 4 is 0 Å². The Balaban J connectivity index is 2.26. The van der Waals surface area contributed by atoms with Crippen molar-refractivity contribution in [1.82, 2.24) is 5.32 Å². The molecule has 0 bridgehead atoms. The quantitative estimate of drug-likeness (QED) is 0.751. The first kappa shape index (κ1) is 12.0. The van der Waals surface area contributed by atoms with Gasteiger partial charge in [-0.3, -0.25) is 0 Å². The van der Waals surface area contributed by atoms with Crippen molar-refractivity contribution in [3.8, 4) is 0 Å². The van der Waals surface area contributed by atoms with Crippen LogP contribution in [0.15, 0.2) is 0 Å². The van der Waals surface area contributed by atoms with Gasteiger partial charge >= 0.3 is 0 Å². The van der Waals surface area contributed by atoms with Crippen molar-refractivity contribution in [2.24, 2.45) is 11.3 Å². The summed E-state index contributed by atoms with van der Waals surface area (Å²) in [5.74, 6) is 0.742. The molecule has 0 aromatic heterocycles. The maximum Gasteiger partial charge on any atom is 0.0507 e. The Morgan fingerprint density at radius 1 is 1.43 bits per heavy atom. The maximum atomic E-state index is 5.37. The van der Waals surface area contributed by atoms with Gasteiger partial charge in [-0.15, -0.1) is 0 Å². The summed E-state index contributed by atoms with van der Waals surface area (Å²) in [6.45, 7) is 12.2. The smallest absolute Gasteiger partial charge is 0.0507 e. The molecule has 1 aliphatic heterocycles. The molecule has 0 aromatic carbocycles. The summed E-state index contributed by atoms with van der Waals surface area (Å²) in [5.41, 5.74) is 0.369. The van der Waals surface area contributed by atoms with Gasteiger partial charge in [0.25, 0.3) is 0 Å². The van der Waals surface area contributed by atoms with Gasteiger partial charge < -0.3 is 10.1 Å². The van der Waals surface area contributed by atoms with Crippen LogP contribution >= 0.6 is 0 Å². The largest absolute Gasteiger partial charge is 0.381 e. The van der Waals surface area contributed by atoms with Crippen LogP contribution in [0.4, 0.5) is 0 Å². The lowest BCUT2D eigenvalue weighted by molar-refractivity contribution is 0.180. The zero-order chi connectivity index (χ0) is 10.6. The molecular weight excluding hydrogens is 174 g/mol. The monoisotopic (exact) mass is 199 g/mol. The van der Waals surface area contributed by atoms with Crippen molar-refractivity contribution in [2.75, 3.05) is 19.8 Å². The summed E-state index contributed by atoms with van der Waals surface area (Å²) >= 11 is 0. The fourth-order valence-electron chi connectivity index (χ4n) is 2.12. The summed E-state index contributed by atoms with van der Waals surface area (Å²) in [6.07, 6.45) is 2.44. The van der Waals surface area contributed by atoms with E-state index in [-0.39, 0.29) is 0 Å². The van der Waals surface area contributed by atoms with Crippen LogP contribution in [0, 0.1) is 11.3 Å². The van der Waals surface area contributed by atoms with Crippen LogP contribution in [-0.4, -0.2) is 25.8 Å². The molecular formula is C12H25NO. The average molecular weight is 199 g/mol. The van der Waals surface area contributed by atoms with E-state index in [1.807, 2.05) is 0 Å². The Kier molecular flexibility index (Phi) is 4.39. The standard InChI is InChI=1S/C12H25NO/c1-5-11(12(2,3)4)13-8-10-6-7-14-9-10/h10-11,13H,5-9H2,1-4H3. The van der Waals surface area contributed by atoms with Gasteiger partial charge in [0, 0.05) is 19.2 Å². The minimum absolute atomic E-state index is 0.369. The highest BCUT2D eigenvalue weighted by Gasteiger charge is 2.24. The third-order valence-corrected chi connectivity index (χ3v) is 3.13. The number of nitrogens with one attached hydrogen (secondary N) is 1. The van der Waals surface area contributed by atoms with Gasteiger partial charge in [-0.1, -0.05) is 27.7 Å². The van der Waals surface area contributed by atoms with Crippen LogP contribution in [0.1, 0.15) is 40.5 Å². The number of ether oxygens (including phenoxy) is 1. The van der Waals surface area contributed by atoms with Crippen molar-refractivity contribution in [1.29, 1.82) is 0 Å². The molecule has 0 amide bonds. The molecule has 2 atom stereocenters. The van der Waals surface area contributed by atoms with E-state index >= 15 is 0 Å². The second-order valence-corrected chi connectivity index (χ2v) is 5.46. The first-order valence-corrected chi connectivity index (χ1v) is 5.85. The van der Waals surface area contributed by atoms with E-state index in [1.54, 1.807) is 0 Å². The fraction of sp³-hybridized carbons (Fsp3) is 1.00. The Bertz CT molecular complexity index is 156. The second-order valence-electron chi connectivity index (χ2n) is 5.46. The molecule has 0 saturated carbocycles. The normalized spacial score (nSPS) is 25.3. The highest BCUT2D eigenvalue weighted by Crippen LogP contribution is 2.22. The van der Waals surface area contributed by atoms with Crippen molar-refractivity contribution in [3.63, 3.8) is 0 Å². The molecule has 0 spiro atoms. The molecule has 14 heavy (non-hydrogen) atoms. The molecule has 1 heterocycles. The third-order valence-electron chi connectivity index (χ3n) is 3.13. The first-order chi connectivity index (χ1) is 6.54. The van der Waals surface area contributed by atoms with Crippen LogP contribution in [0.25, 0.3) is 0 Å². The summed E-state index contributed by atoms with van der Waals surface area (Å²) < 4.78 is 5.37. The zero-order valence-electron chi connectivity index (χ0n) is 10.1. The molecule has 0 aromatic rings. The van der Waals surface area contributed by atoms with Crippen molar-refractivity contribution in [2.45, 2.75) is 46.6 Å². The number of hydrogen-bond acceptors (Lipinski definition) is 2. The van der Waals surface area contributed by atoms with Gasteiger partial charge in [-0.25, -0.2) is 0 Å². The summed E-state index contributed by atoms with van der Waals surface area (Å²) in [5, 5.41) is 3.67. The third kappa shape index (κ3) is 3.58. The molecule has 1 N–H and O–H groups in total. The van der Waals surface area contributed by atoms with Gasteiger partial charge in [-0.2, -0.15) is 0 Å². The van der Waals surface area contributed by atoms with Gasteiger partial charge in [0.05, 0.1) is 6.61 Å². The van der Waals surface area contributed by atoms with E-state index in [2.05, 4.69) is 33.0 Å². The first-order valence-electron chi connectivity index (χ1n) is 5.85. The summed E-state index contributed by atoms with van der Waals surface area (Å²) in [7, 11) is 0. The Morgan fingerprint density at radius 3 is 2.57 bits per heavy atom. The van der Waals surface area contributed by atoms with Gasteiger partial charge in [0.15, 0.2) is 0 Å². The lowest BCUT2D eigenvalue weighted by Crippen LogP contribution is -2.42. The van der Waals surface area contributed by atoms with Crippen LogP contribution in [0.5, 0.6) is 0 Å². The average Bonchev–Trinajstić information content (AvgIpc) is 2.55. The molecule has 1 fully saturated rings. The fourth-order valence-corrected chi connectivity index (χ4v) is 2.12. The van der Waals surface area contributed by atoms with Gasteiger partial charge in [0.2, 0.25) is 0 Å². The topological polar surface area (TPSA) is 21.3 Å². The number of hydrogen-bond donors (Lipinski definition) is 1. The van der Waals surface area contributed by atoms with E-state index in [4.69, 9.17) is 4.74 Å². The van der Waals surface area contributed by atoms with Gasteiger partial charge in [0.1, 0.15) is 0 Å². The molecule has 0 aliphatic carbocycles. The molecule has 2 unspecified atom stereocenters. The SMILES string of the molecule is CCC(NCC1CCOC1)C(C)(C)C. The second kappa shape index (κ2) is 5.13.